The van der Waals surface area contributed by atoms with Crippen molar-refractivity contribution in [2.24, 2.45) is 0 Å². The number of esters is 2. The highest BCUT2D eigenvalue weighted by atomic mass is 16.6. The maximum Gasteiger partial charge on any atom is 0.303 e. The van der Waals surface area contributed by atoms with Gasteiger partial charge in [-0.2, -0.15) is 0 Å². The average molecular weight is 229 g/mol. The minimum atomic E-state index is -1.38. The van der Waals surface area contributed by atoms with E-state index in [9.17, 15) is 19.2 Å². The fourth-order valence-electron chi connectivity index (χ4n) is 1.33. The molecule has 1 aliphatic heterocycles. The Morgan fingerprint density at radius 3 is 1.56 bits per heavy atom. The Labute approximate surface area is 91.3 Å². The minimum Gasteiger partial charge on any atom is -0.448 e. The normalized spacial score (nSPS) is 24.6. The summed E-state index contributed by atoms with van der Waals surface area (Å²) in [5, 5.41) is 0. The summed E-state index contributed by atoms with van der Waals surface area (Å²) < 4.78 is 9.30. The number of carbonyl (C=O) groups is 4. The van der Waals surface area contributed by atoms with Crippen molar-refractivity contribution in [2.45, 2.75) is 26.1 Å². The number of rotatable bonds is 2. The van der Waals surface area contributed by atoms with Crippen molar-refractivity contribution in [2.75, 3.05) is 7.05 Å². The van der Waals surface area contributed by atoms with E-state index >= 15 is 0 Å². The molecule has 1 aliphatic rings. The lowest BCUT2D eigenvalue weighted by Gasteiger charge is -2.14. The van der Waals surface area contributed by atoms with Gasteiger partial charge in [-0.05, 0) is 0 Å². The van der Waals surface area contributed by atoms with Gasteiger partial charge in [0.15, 0.2) is 0 Å². The van der Waals surface area contributed by atoms with E-state index in [1.165, 1.54) is 7.05 Å². The van der Waals surface area contributed by atoms with Gasteiger partial charge in [0, 0.05) is 20.9 Å². The van der Waals surface area contributed by atoms with Crippen LogP contribution in [-0.2, 0) is 28.7 Å². The van der Waals surface area contributed by atoms with Crippen molar-refractivity contribution in [1.82, 2.24) is 4.90 Å². The highest BCUT2D eigenvalue weighted by Crippen LogP contribution is 2.18. The molecule has 7 nitrogen and oxygen atoms in total. The molecule has 1 saturated heterocycles. The fraction of sp³-hybridized carbons (Fsp3) is 0.556. The van der Waals surface area contributed by atoms with Crippen LogP contribution in [0.2, 0.25) is 0 Å². The summed E-state index contributed by atoms with van der Waals surface area (Å²) in [5.41, 5.74) is 0. The van der Waals surface area contributed by atoms with E-state index in [0.717, 1.165) is 18.7 Å². The lowest BCUT2D eigenvalue weighted by Crippen LogP contribution is -2.36. The Hall–Kier alpha value is -1.92. The number of hydrogen-bond acceptors (Lipinski definition) is 6. The van der Waals surface area contributed by atoms with Crippen LogP contribution in [0.3, 0.4) is 0 Å². The summed E-state index contributed by atoms with van der Waals surface area (Å²) in [4.78, 5) is 45.2. The second-order valence-electron chi connectivity index (χ2n) is 3.30. The van der Waals surface area contributed by atoms with Crippen molar-refractivity contribution < 1.29 is 28.7 Å². The van der Waals surface area contributed by atoms with E-state index in [2.05, 4.69) is 9.47 Å². The molecule has 2 unspecified atom stereocenters. The van der Waals surface area contributed by atoms with Crippen LogP contribution in [-0.4, -0.2) is 47.9 Å². The standard InChI is InChI=1S/C9H11NO6/c1-4(11)15-6-7(16-5(2)12)9(14)10(3)8(6)13/h6-7H,1-3H3. The molecule has 0 N–H and O–H groups in total. The molecule has 2 amide bonds. The first-order valence-corrected chi connectivity index (χ1v) is 4.50. The molecule has 0 aromatic heterocycles. The van der Waals surface area contributed by atoms with E-state index in [1.807, 2.05) is 0 Å². The minimum absolute atomic E-state index is 0.702. The second kappa shape index (κ2) is 4.30. The van der Waals surface area contributed by atoms with Crippen LogP contribution in [0.4, 0.5) is 0 Å². The summed E-state index contributed by atoms with van der Waals surface area (Å²) in [6.45, 7) is 2.20. The Kier molecular flexibility index (Phi) is 3.26. The van der Waals surface area contributed by atoms with Crippen LogP contribution in [0.1, 0.15) is 13.8 Å². The Balaban J connectivity index is 2.91. The van der Waals surface area contributed by atoms with E-state index in [0.29, 0.717) is 0 Å². The van der Waals surface area contributed by atoms with Gasteiger partial charge >= 0.3 is 11.9 Å². The van der Waals surface area contributed by atoms with Crippen molar-refractivity contribution in [1.29, 1.82) is 0 Å². The van der Waals surface area contributed by atoms with E-state index < -0.39 is 36.0 Å². The van der Waals surface area contributed by atoms with Crippen LogP contribution >= 0.6 is 0 Å². The van der Waals surface area contributed by atoms with Crippen molar-refractivity contribution in [3.8, 4) is 0 Å². The molecule has 0 bridgehead atoms. The first-order chi connectivity index (χ1) is 7.34. The number of carbonyl (C=O) groups excluding carboxylic acids is 4. The van der Waals surface area contributed by atoms with Gasteiger partial charge in [-0.25, -0.2) is 0 Å². The zero-order chi connectivity index (χ0) is 12.5. The Morgan fingerprint density at radius 1 is 1.00 bits per heavy atom. The van der Waals surface area contributed by atoms with Crippen LogP contribution in [0, 0.1) is 0 Å². The van der Waals surface area contributed by atoms with Gasteiger partial charge in [0.1, 0.15) is 0 Å². The van der Waals surface area contributed by atoms with Gasteiger partial charge in [-0.15, -0.1) is 0 Å². The highest BCUT2D eigenvalue weighted by molar-refractivity contribution is 6.08. The molecule has 0 aromatic rings. The third-order valence-electron chi connectivity index (χ3n) is 2.01. The SMILES string of the molecule is CC(=O)OC1C(=O)N(C)C(=O)C1OC(C)=O. The van der Waals surface area contributed by atoms with Gasteiger partial charge in [0.05, 0.1) is 0 Å². The van der Waals surface area contributed by atoms with E-state index in [1.54, 1.807) is 0 Å². The summed E-state index contributed by atoms with van der Waals surface area (Å²) in [6, 6.07) is 0. The summed E-state index contributed by atoms with van der Waals surface area (Å²) >= 11 is 0. The summed E-state index contributed by atoms with van der Waals surface area (Å²) in [6.07, 6.45) is -2.75. The molecule has 1 fully saturated rings. The Morgan fingerprint density at radius 2 is 1.31 bits per heavy atom. The molecule has 0 aromatic carbocycles. The predicted molar refractivity (Wildman–Crippen MR) is 48.9 cm³/mol. The highest BCUT2D eigenvalue weighted by Gasteiger charge is 2.50. The van der Waals surface area contributed by atoms with Crippen molar-refractivity contribution >= 4 is 23.8 Å². The summed E-state index contributed by atoms with van der Waals surface area (Å²) in [7, 11) is 1.23. The molecule has 16 heavy (non-hydrogen) atoms. The van der Waals surface area contributed by atoms with Gasteiger partial charge in [-0.3, -0.25) is 24.1 Å². The zero-order valence-corrected chi connectivity index (χ0v) is 9.05. The zero-order valence-electron chi connectivity index (χ0n) is 9.05. The van der Waals surface area contributed by atoms with Gasteiger partial charge in [0.2, 0.25) is 12.2 Å². The molecule has 0 radical (unpaired) electrons. The van der Waals surface area contributed by atoms with E-state index in [-0.39, 0.29) is 0 Å². The fourth-order valence-corrected chi connectivity index (χ4v) is 1.33. The van der Waals surface area contributed by atoms with Crippen molar-refractivity contribution in [3.05, 3.63) is 0 Å². The van der Waals surface area contributed by atoms with Gasteiger partial charge in [-0.1, -0.05) is 0 Å². The molecule has 2 atom stereocenters. The molecule has 0 aliphatic carbocycles. The molecule has 7 heteroatoms. The van der Waals surface area contributed by atoms with Crippen LogP contribution < -0.4 is 0 Å². The second-order valence-corrected chi connectivity index (χ2v) is 3.30. The third-order valence-corrected chi connectivity index (χ3v) is 2.01. The molecule has 88 valence electrons. The van der Waals surface area contributed by atoms with E-state index in [4.69, 9.17) is 0 Å². The number of likely N-dealkylation sites (N-methyl/N-ethyl adjacent to an activating group) is 1. The number of amides is 2. The predicted octanol–water partition coefficient (Wildman–Crippen LogP) is -1.15. The molecular weight excluding hydrogens is 218 g/mol. The number of nitrogens with zero attached hydrogens (tertiary/aromatic N) is 1. The summed E-state index contributed by atoms with van der Waals surface area (Å²) in [5.74, 6) is -2.85. The third kappa shape index (κ3) is 2.18. The number of ether oxygens (including phenoxy) is 2. The number of hydrogen-bond donors (Lipinski definition) is 0. The lowest BCUT2D eigenvalue weighted by atomic mass is 10.2. The van der Waals surface area contributed by atoms with Crippen LogP contribution in [0.5, 0.6) is 0 Å². The topological polar surface area (TPSA) is 90.0 Å². The molecule has 0 saturated carbocycles. The van der Waals surface area contributed by atoms with Crippen LogP contribution in [0.25, 0.3) is 0 Å². The molecule has 1 heterocycles. The van der Waals surface area contributed by atoms with Crippen LogP contribution in [0.15, 0.2) is 0 Å². The van der Waals surface area contributed by atoms with Gasteiger partial charge < -0.3 is 9.47 Å². The largest absolute Gasteiger partial charge is 0.448 e. The molecule has 0 spiro atoms. The number of likely N-dealkylation sites (tertiary alicyclic amines) is 1. The Bertz CT molecular complexity index is 329. The first-order valence-electron chi connectivity index (χ1n) is 4.50. The smallest absolute Gasteiger partial charge is 0.303 e. The number of imide groups is 1. The van der Waals surface area contributed by atoms with Gasteiger partial charge in [0.25, 0.3) is 11.8 Å². The maximum atomic E-state index is 11.5. The molecular formula is C9H11NO6. The average Bonchev–Trinajstić information content (AvgIpc) is 2.34. The lowest BCUT2D eigenvalue weighted by molar-refractivity contribution is -0.167. The quantitative estimate of drug-likeness (QED) is 0.438. The maximum absolute atomic E-state index is 11.5. The monoisotopic (exact) mass is 229 g/mol. The first kappa shape index (κ1) is 12.2. The molecule has 1 rings (SSSR count). The van der Waals surface area contributed by atoms with Crippen molar-refractivity contribution in [3.63, 3.8) is 0 Å².